The first kappa shape index (κ1) is 18.5. The number of carbonyl (C=O) groups is 1. The molecule has 8 nitrogen and oxygen atoms in total. The summed E-state index contributed by atoms with van der Waals surface area (Å²) in [7, 11) is -2.54. The van der Waals surface area contributed by atoms with Crippen LogP contribution in [0.3, 0.4) is 0 Å². The number of anilines is 1. The Morgan fingerprint density at radius 2 is 1.96 bits per heavy atom. The Labute approximate surface area is 145 Å². The molecule has 0 aliphatic rings. The lowest BCUT2D eigenvalue weighted by Crippen LogP contribution is -2.18. The summed E-state index contributed by atoms with van der Waals surface area (Å²) >= 11 is 0. The number of aromatic nitrogens is 1. The molecule has 0 fully saturated rings. The molecule has 0 aliphatic carbocycles. The van der Waals surface area contributed by atoms with Gasteiger partial charge in [-0.3, -0.25) is 9.52 Å². The maximum Gasteiger partial charge on any atom is 0.263 e. The SMILES string of the molecule is CNC(=O)c1ccc(O)c(NS(=O)(=O)c2ccc(OC(C)C)nc2)c1. The molecule has 0 aliphatic heterocycles. The summed E-state index contributed by atoms with van der Waals surface area (Å²) in [6, 6.07) is 6.64. The minimum atomic E-state index is -3.99. The van der Waals surface area contributed by atoms with Crippen LogP contribution in [0.2, 0.25) is 0 Å². The molecular weight excluding hydrogens is 346 g/mol. The van der Waals surface area contributed by atoms with Gasteiger partial charge in [-0.05, 0) is 38.1 Å². The van der Waals surface area contributed by atoms with Crippen molar-refractivity contribution in [3.8, 4) is 11.6 Å². The van der Waals surface area contributed by atoms with E-state index in [1.807, 2.05) is 13.8 Å². The van der Waals surface area contributed by atoms with Crippen molar-refractivity contribution in [2.45, 2.75) is 24.8 Å². The molecule has 1 heterocycles. The third-order valence-corrected chi connectivity index (χ3v) is 4.46. The van der Waals surface area contributed by atoms with Crippen LogP contribution < -0.4 is 14.8 Å². The fourth-order valence-corrected chi connectivity index (χ4v) is 2.95. The van der Waals surface area contributed by atoms with Gasteiger partial charge < -0.3 is 15.2 Å². The highest BCUT2D eigenvalue weighted by Gasteiger charge is 2.18. The lowest BCUT2D eigenvalue weighted by Gasteiger charge is -2.12. The number of aromatic hydroxyl groups is 1. The zero-order valence-corrected chi connectivity index (χ0v) is 14.8. The van der Waals surface area contributed by atoms with E-state index < -0.39 is 15.9 Å². The van der Waals surface area contributed by atoms with Crippen molar-refractivity contribution in [2.24, 2.45) is 0 Å². The van der Waals surface area contributed by atoms with Gasteiger partial charge in [-0.15, -0.1) is 0 Å². The molecule has 3 N–H and O–H groups in total. The monoisotopic (exact) mass is 365 g/mol. The summed E-state index contributed by atoms with van der Waals surface area (Å²) in [5.41, 5.74) is 0.0976. The van der Waals surface area contributed by atoms with Gasteiger partial charge >= 0.3 is 0 Å². The van der Waals surface area contributed by atoms with Crippen molar-refractivity contribution in [2.75, 3.05) is 11.8 Å². The molecule has 0 saturated heterocycles. The normalized spacial score (nSPS) is 11.2. The first-order chi connectivity index (χ1) is 11.7. The largest absolute Gasteiger partial charge is 0.506 e. The van der Waals surface area contributed by atoms with Gasteiger partial charge in [0.25, 0.3) is 15.9 Å². The summed E-state index contributed by atoms with van der Waals surface area (Å²) in [4.78, 5) is 15.5. The summed E-state index contributed by atoms with van der Waals surface area (Å²) < 4.78 is 32.5. The first-order valence-corrected chi connectivity index (χ1v) is 8.92. The number of benzene rings is 1. The Morgan fingerprint density at radius 3 is 2.52 bits per heavy atom. The molecule has 2 rings (SSSR count). The van der Waals surface area contributed by atoms with Crippen LogP contribution in [0.1, 0.15) is 24.2 Å². The number of ether oxygens (including phenoxy) is 1. The Kier molecular flexibility index (Phi) is 5.48. The number of hydrogen-bond acceptors (Lipinski definition) is 6. The second-order valence-electron chi connectivity index (χ2n) is 5.42. The standard InChI is InChI=1S/C16H19N3O5S/c1-10(2)24-15-7-5-12(9-18-15)25(22,23)19-13-8-11(16(21)17-3)4-6-14(13)20/h4-10,19-20H,1-3H3,(H,17,21). The maximum atomic E-state index is 12.4. The topological polar surface area (TPSA) is 118 Å². The van der Waals surface area contributed by atoms with E-state index in [1.165, 1.54) is 37.4 Å². The van der Waals surface area contributed by atoms with Crippen LogP contribution in [0.25, 0.3) is 0 Å². The molecule has 1 aromatic carbocycles. The predicted molar refractivity (Wildman–Crippen MR) is 92.3 cm³/mol. The number of phenolic OH excluding ortho intramolecular Hbond substituents is 1. The first-order valence-electron chi connectivity index (χ1n) is 7.43. The molecule has 25 heavy (non-hydrogen) atoms. The van der Waals surface area contributed by atoms with Gasteiger partial charge in [-0.1, -0.05) is 0 Å². The van der Waals surface area contributed by atoms with E-state index in [0.29, 0.717) is 5.88 Å². The van der Waals surface area contributed by atoms with Crippen molar-refractivity contribution in [3.63, 3.8) is 0 Å². The van der Waals surface area contributed by atoms with E-state index in [0.717, 1.165) is 6.20 Å². The summed E-state index contributed by atoms with van der Waals surface area (Å²) in [6.07, 6.45) is 1.07. The molecule has 134 valence electrons. The van der Waals surface area contributed by atoms with Crippen LogP contribution in [-0.2, 0) is 10.0 Å². The molecule has 9 heteroatoms. The second kappa shape index (κ2) is 7.39. The second-order valence-corrected chi connectivity index (χ2v) is 7.10. The number of hydrogen-bond donors (Lipinski definition) is 3. The Hall–Kier alpha value is -2.81. The highest BCUT2D eigenvalue weighted by Crippen LogP contribution is 2.27. The van der Waals surface area contributed by atoms with Gasteiger partial charge in [0.1, 0.15) is 10.6 Å². The Morgan fingerprint density at radius 1 is 1.24 bits per heavy atom. The molecule has 0 unspecified atom stereocenters. The van der Waals surface area contributed by atoms with Crippen LogP contribution >= 0.6 is 0 Å². The van der Waals surface area contributed by atoms with E-state index in [4.69, 9.17) is 4.74 Å². The lowest BCUT2D eigenvalue weighted by molar-refractivity contribution is 0.0963. The van der Waals surface area contributed by atoms with Gasteiger partial charge in [0.2, 0.25) is 5.88 Å². The van der Waals surface area contributed by atoms with Crippen molar-refractivity contribution in [3.05, 3.63) is 42.1 Å². The number of pyridine rings is 1. The average molecular weight is 365 g/mol. The number of phenols is 1. The highest BCUT2D eigenvalue weighted by atomic mass is 32.2. The number of carbonyl (C=O) groups excluding carboxylic acids is 1. The van der Waals surface area contributed by atoms with Gasteiger partial charge in [-0.2, -0.15) is 0 Å². The van der Waals surface area contributed by atoms with Gasteiger partial charge in [0, 0.05) is 18.7 Å². The fourth-order valence-electron chi connectivity index (χ4n) is 1.94. The fraction of sp³-hybridized carbons (Fsp3) is 0.250. The molecule has 0 atom stereocenters. The molecule has 1 aromatic heterocycles. The molecule has 0 saturated carbocycles. The molecule has 0 bridgehead atoms. The average Bonchev–Trinajstić information content (AvgIpc) is 2.56. The van der Waals surface area contributed by atoms with E-state index >= 15 is 0 Å². The number of sulfonamides is 1. The van der Waals surface area contributed by atoms with Crippen LogP contribution in [0.4, 0.5) is 5.69 Å². The smallest absolute Gasteiger partial charge is 0.263 e. The van der Waals surface area contributed by atoms with Crippen molar-refractivity contribution < 1.29 is 23.1 Å². The summed E-state index contributed by atoms with van der Waals surface area (Å²) in [5, 5.41) is 12.3. The zero-order valence-electron chi connectivity index (χ0n) is 14.0. The number of amides is 1. The maximum absolute atomic E-state index is 12.4. The number of nitrogens with zero attached hydrogens (tertiary/aromatic N) is 1. The highest BCUT2D eigenvalue weighted by molar-refractivity contribution is 7.92. The van der Waals surface area contributed by atoms with Gasteiger partial charge in [0.05, 0.1) is 18.0 Å². The zero-order chi connectivity index (χ0) is 18.6. The van der Waals surface area contributed by atoms with E-state index in [-0.39, 0.29) is 28.0 Å². The Balaban J connectivity index is 2.28. The van der Waals surface area contributed by atoms with E-state index in [1.54, 1.807) is 0 Å². The number of rotatable bonds is 6. The molecule has 0 radical (unpaired) electrons. The molecule has 1 amide bonds. The van der Waals surface area contributed by atoms with Crippen molar-refractivity contribution in [1.29, 1.82) is 0 Å². The van der Waals surface area contributed by atoms with Gasteiger partial charge in [0.15, 0.2) is 0 Å². The van der Waals surface area contributed by atoms with Crippen LogP contribution in [-0.4, -0.2) is 37.6 Å². The molecular formula is C16H19N3O5S. The molecule has 2 aromatic rings. The Bertz CT molecular complexity index is 864. The lowest BCUT2D eigenvalue weighted by atomic mass is 10.2. The summed E-state index contributed by atoms with van der Waals surface area (Å²) in [6.45, 7) is 3.66. The minimum absolute atomic E-state index is 0.0857. The predicted octanol–water partition coefficient (Wildman–Crippen LogP) is 1.73. The number of nitrogens with one attached hydrogen (secondary N) is 2. The third-order valence-electron chi connectivity index (χ3n) is 3.11. The van der Waals surface area contributed by atoms with Crippen molar-refractivity contribution >= 4 is 21.6 Å². The van der Waals surface area contributed by atoms with Gasteiger partial charge in [-0.25, -0.2) is 13.4 Å². The van der Waals surface area contributed by atoms with Crippen LogP contribution in [0.5, 0.6) is 11.6 Å². The van der Waals surface area contributed by atoms with Crippen LogP contribution in [0, 0.1) is 0 Å². The van der Waals surface area contributed by atoms with Crippen molar-refractivity contribution in [1.82, 2.24) is 10.3 Å². The molecule has 0 spiro atoms. The minimum Gasteiger partial charge on any atom is -0.506 e. The quantitative estimate of drug-likeness (QED) is 0.671. The van der Waals surface area contributed by atoms with Crippen LogP contribution in [0.15, 0.2) is 41.4 Å². The summed E-state index contributed by atoms with van der Waals surface area (Å²) in [5.74, 6) is -0.403. The van der Waals surface area contributed by atoms with E-state index in [2.05, 4.69) is 15.0 Å². The third kappa shape index (κ3) is 4.60. The van der Waals surface area contributed by atoms with E-state index in [9.17, 15) is 18.3 Å².